The molecule has 0 bridgehead atoms. The van der Waals surface area contributed by atoms with E-state index in [2.05, 4.69) is 22.1 Å². The fourth-order valence-electron chi connectivity index (χ4n) is 3.03. The van der Waals surface area contributed by atoms with Crippen LogP contribution in [0, 0.1) is 5.92 Å². The van der Waals surface area contributed by atoms with Crippen LogP contribution in [0.15, 0.2) is 9.13 Å². The monoisotopic (exact) mass is 379 g/mol. The molecule has 0 amide bonds. The van der Waals surface area contributed by atoms with Crippen LogP contribution in [0.4, 0.5) is 5.13 Å². The molecule has 0 spiro atoms. The molecule has 9 heteroatoms. The van der Waals surface area contributed by atoms with E-state index < -0.39 is 0 Å². The third-order valence-electron chi connectivity index (χ3n) is 4.27. The Morgan fingerprint density at radius 3 is 2.96 bits per heavy atom. The molecule has 0 aromatic carbocycles. The summed E-state index contributed by atoms with van der Waals surface area (Å²) in [4.78, 5) is 22.5. The third-order valence-corrected chi connectivity index (χ3v) is 7.36. The molecule has 0 aliphatic heterocycles. The third kappa shape index (κ3) is 2.84. The highest BCUT2D eigenvalue weighted by molar-refractivity contribution is 8.01. The average Bonchev–Trinajstić information content (AvgIpc) is 3.09. The van der Waals surface area contributed by atoms with E-state index >= 15 is 0 Å². The summed E-state index contributed by atoms with van der Waals surface area (Å²) in [6, 6.07) is 0. The first-order valence-electron chi connectivity index (χ1n) is 7.81. The van der Waals surface area contributed by atoms with Gasteiger partial charge in [-0.25, -0.2) is 4.98 Å². The number of fused-ring (bicyclic) bond motifs is 3. The molecule has 2 atom stereocenters. The van der Waals surface area contributed by atoms with E-state index in [1.54, 1.807) is 11.3 Å². The number of nitrogens with zero attached hydrogens (tertiary/aromatic N) is 3. The van der Waals surface area contributed by atoms with Crippen LogP contribution < -0.4 is 11.3 Å². The van der Waals surface area contributed by atoms with Crippen molar-refractivity contribution in [3.05, 3.63) is 26.6 Å². The minimum atomic E-state index is -0.0220. The topological polar surface area (TPSA) is 97.5 Å². The van der Waals surface area contributed by atoms with Gasteiger partial charge in [-0.15, -0.1) is 21.5 Å². The molecular weight excluding hydrogens is 362 g/mol. The number of hydrogen-bond acceptors (Lipinski definition) is 8. The van der Waals surface area contributed by atoms with Crippen molar-refractivity contribution in [2.75, 3.05) is 5.73 Å². The standard InChI is InChI=1S/C15H17N5OS3/c1-6-3-4-8-9(5-6)23-13-10(8)12(21)17-11(18-13)7(2)22-15-20-19-14(16)24-15/h6-7H,3-5H2,1-2H3,(H2,16,19)(H,17,18,21)/t6-,7+/m1/s1. The lowest BCUT2D eigenvalue weighted by molar-refractivity contribution is 0.509. The van der Waals surface area contributed by atoms with E-state index in [4.69, 9.17) is 10.7 Å². The summed E-state index contributed by atoms with van der Waals surface area (Å²) >= 11 is 4.52. The quantitative estimate of drug-likeness (QED) is 0.677. The number of aromatic nitrogens is 4. The summed E-state index contributed by atoms with van der Waals surface area (Å²) in [7, 11) is 0. The second-order valence-corrected chi connectivity index (χ2v) is 9.83. The minimum Gasteiger partial charge on any atom is -0.374 e. The summed E-state index contributed by atoms with van der Waals surface area (Å²) in [5, 5.41) is 9.05. The number of nitrogens with one attached hydrogen (secondary N) is 1. The number of thiophene rings is 1. The van der Waals surface area contributed by atoms with Crippen LogP contribution in [-0.4, -0.2) is 20.2 Å². The Bertz CT molecular complexity index is 960. The maximum absolute atomic E-state index is 12.6. The Labute approximate surface area is 150 Å². The molecule has 3 N–H and O–H groups in total. The van der Waals surface area contributed by atoms with Crippen LogP contribution >= 0.6 is 34.4 Å². The predicted molar refractivity (Wildman–Crippen MR) is 100 cm³/mol. The number of thioether (sulfide) groups is 1. The second-order valence-electron chi connectivity index (χ2n) is 6.15. The summed E-state index contributed by atoms with van der Waals surface area (Å²) in [6.45, 7) is 4.27. The molecule has 0 unspecified atom stereocenters. The van der Waals surface area contributed by atoms with Crippen molar-refractivity contribution >= 4 is 49.8 Å². The van der Waals surface area contributed by atoms with Crippen molar-refractivity contribution in [1.29, 1.82) is 0 Å². The first-order valence-corrected chi connectivity index (χ1v) is 10.3. The lowest BCUT2D eigenvalue weighted by Crippen LogP contribution is -2.15. The van der Waals surface area contributed by atoms with Crippen LogP contribution in [0.1, 0.15) is 41.8 Å². The van der Waals surface area contributed by atoms with Gasteiger partial charge in [0.1, 0.15) is 10.7 Å². The van der Waals surface area contributed by atoms with E-state index in [1.807, 2.05) is 6.92 Å². The van der Waals surface area contributed by atoms with Crippen molar-refractivity contribution in [2.24, 2.45) is 5.92 Å². The van der Waals surface area contributed by atoms with Gasteiger partial charge < -0.3 is 10.7 Å². The number of anilines is 1. The molecule has 24 heavy (non-hydrogen) atoms. The normalized spacial score (nSPS) is 18.7. The van der Waals surface area contributed by atoms with Crippen molar-refractivity contribution in [3.63, 3.8) is 0 Å². The molecular formula is C15H17N5OS3. The van der Waals surface area contributed by atoms with Gasteiger partial charge in [0.05, 0.1) is 10.6 Å². The molecule has 6 nitrogen and oxygen atoms in total. The van der Waals surface area contributed by atoms with Gasteiger partial charge in [0.25, 0.3) is 5.56 Å². The van der Waals surface area contributed by atoms with Crippen LogP contribution in [0.2, 0.25) is 0 Å². The van der Waals surface area contributed by atoms with E-state index in [1.165, 1.54) is 33.5 Å². The Morgan fingerprint density at radius 2 is 2.21 bits per heavy atom. The Kier molecular flexibility index (Phi) is 4.09. The van der Waals surface area contributed by atoms with Gasteiger partial charge in [0.15, 0.2) is 4.34 Å². The molecule has 0 saturated carbocycles. The highest BCUT2D eigenvalue weighted by atomic mass is 32.2. The number of hydrogen-bond donors (Lipinski definition) is 2. The Morgan fingerprint density at radius 1 is 1.38 bits per heavy atom. The number of nitrogen functional groups attached to an aromatic ring is 1. The van der Waals surface area contributed by atoms with E-state index in [0.717, 1.165) is 33.8 Å². The van der Waals surface area contributed by atoms with E-state index in [0.29, 0.717) is 16.9 Å². The summed E-state index contributed by atoms with van der Waals surface area (Å²) in [6.07, 6.45) is 3.18. The van der Waals surface area contributed by atoms with Crippen molar-refractivity contribution in [1.82, 2.24) is 20.2 Å². The van der Waals surface area contributed by atoms with Gasteiger partial charge in [-0.1, -0.05) is 30.0 Å². The maximum atomic E-state index is 12.6. The van der Waals surface area contributed by atoms with Crippen LogP contribution in [0.25, 0.3) is 10.2 Å². The highest BCUT2D eigenvalue weighted by Crippen LogP contribution is 2.38. The van der Waals surface area contributed by atoms with Gasteiger partial charge in [-0.3, -0.25) is 4.79 Å². The van der Waals surface area contributed by atoms with Crippen LogP contribution in [-0.2, 0) is 12.8 Å². The number of nitrogens with two attached hydrogens (primary N) is 1. The fourth-order valence-corrected chi connectivity index (χ4v) is 6.26. The molecule has 3 heterocycles. The first kappa shape index (κ1) is 16.0. The Balaban J connectivity index is 1.71. The summed E-state index contributed by atoms with van der Waals surface area (Å²) in [5.41, 5.74) is 6.81. The Hall–Kier alpha value is -1.45. The molecule has 1 aliphatic rings. The zero-order chi connectivity index (χ0) is 16.8. The largest absolute Gasteiger partial charge is 0.374 e. The number of aryl methyl sites for hydroxylation is 1. The van der Waals surface area contributed by atoms with Crippen molar-refractivity contribution in [2.45, 2.75) is 42.7 Å². The van der Waals surface area contributed by atoms with Gasteiger partial charge >= 0.3 is 0 Å². The fraction of sp³-hybridized carbons (Fsp3) is 0.467. The number of aromatic amines is 1. The number of H-pyrrole nitrogens is 1. The van der Waals surface area contributed by atoms with E-state index in [-0.39, 0.29) is 10.8 Å². The zero-order valence-electron chi connectivity index (χ0n) is 13.3. The highest BCUT2D eigenvalue weighted by Gasteiger charge is 2.24. The van der Waals surface area contributed by atoms with Crippen molar-refractivity contribution in [3.8, 4) is 0 Å². The van der Waals surface area contributed by atoms with Gasteiger partial charge in [0, 0.05) is 4.88 Å². The van der Waals surface area contributed by atoms with Crippen LogP contribution in [0.5, 0.6) is 0 Å². The molecule has 1 aliphatic carbocycles. The van der Waals surface area contributed by atoms with E-state index in [9.17, 15) is 4.79 Å². The van der Waals surface area contributed by atoms with Gasteiger partial charge in [-0.2, -0.15) is 0 Å². The lowest BCUT2D eigenvalue weighted by Gasteiger charge is -2.17. The average molecular weight is 380 g/mol. The SMILES string of the molecule is C[C@@H]1CCc2c(sc3nc([C@H](C)Sc4nnc(N)s4)[nH]c(=O)c23)C1. The molecule has 0 fully saturated rings. The zero-order valence-corrected chi connectivity index (χ0v) is 15.8. The van der Waals surface area contributed by atoms with Crippen LogP contribution in [0.3, 0.4) is 0 Å². The molecule has 3 aromatic rings. The molecule has 0 saturated heterocycles. The van der Waals surface area contributed by atoms with Gasteiger partial charge in [0.2, 0.25) is 5.13 Å². The maximum Gasteiger partial charge on any atom is 0.259 e. The summed E-state index contributed by atoms with van der Waals surface area (Å²) < 4.78 is 0.780. The molecule has 3 aromatic heterocycles. The second kappa shape index (κ2) is 6.12. The predicted octanol–water partition coefficient (Wildman–Crippen LogP) is 3.40. The summed E-state index contributed by atoms with van der Waals surface area (Å²) in [5.74, 6) is 1.36. The first-order chi connectivity index (χ1) is 11.5. The smallest absolute Gasteiger partial charge is 0.259 e. The number of rotatable bonds is 3. The van der Waals surface area contributed by atoms with Crippen molar-refractivity contribution < 1.29 is 0 Å². The molecule has 4 rings (SSSR count). The lowest BCUT2D eigenvalue weighted by atomic mass is 9.89. The molecule has 0 radical (unpaired) electrons. The molecule has 126 valence electrons. The minimum absolute atomic E-state index is 0.0208. The van der Waals surface area contributed by atoms with Gasteiger partial charge in [-0.05, 0) is 37.7 Å².